The number of carbonyl (C=O) groups is 1. The number of piperidine rings is 1. The first-order chi connectivity index (χ1) is 11.4. The van der Waals surface area contributed by atoms with Crippen LogP contribution in [0.4, 0.5) is 23.2 Å². The molecule has 1 aromatic rings. The van der Waals surface area contributed by atoms with Crippen LogP contribution in [0.15, 0.2) is 0 Å². The summed E-state index contributed by atoms with van der Waals surface area (Å²) in [5, 5.41) is 5.28. The van der Waals surface area contributed by atoms with E-state index in [-0.39, 0.29) is 18.5 Å². The predicted octanol–water partition coefficient (Wildman–Crippen LogP) is 2.04. The van der Waals surface area contributed by atoms with Crippen molar-refractivity contribution >= 4 is 11.6 Å². The van der Waals surface area contributed by atoms with Gasteiger partial charge in [-0.15, -0.1) is 0 Å². The summed E-state index contributed by atoms with van der Waals surface area (Å²) >= 11 is 0. The number of likely N-dealkylation sites (tertiary alicyclic amines) is 1. The van der Waals surface area contributed by atoms with E-state index in [0.717, 1.165) is 6.42 Å². The minimum atomic E-state index is -1.68. The second kappa shape index (κ2) is 8.27. The number of halogens is 4. The Kier molecular flexibility index (Phi) is 6.36. The molecular formula is C15H20F4N4O. The second-order valence-electron chi connectivity index (χ2n) is 5.74. The van der Waals surface area contributed by atoms with E-state index < -0.39 is 29.2 Å². The number of carbonyl (C=O) groups excluding carboxylic acids is 1. The lowest BCUT2D eigenvalue weighted by Gasteiger charge is -2.32. The van der Waals surface area contributed by atoms with Crippen molar-refractivity contribution in [1.82, 2.24) is 15.2 Å². The van der Waals surface area contributed by atoms with Gasteiger partial charge in [0.25, 0.3) is 11.9 Å². The van der Waals surface area contributed by atoms with Gasteiger partial charge in [0.1, 0.15) is 5.69 Å². The molecule has 1 aliphatic rings. The third kappa shape index (κ3) is 4.56. The predicted molar refractivity (Wildman–Crippen MR) is 80.5 cm³/mol. The van der Waals surface area contributed by atoms with Gasteiger partial charge in [-0.3, -0.25) is 9.69 Å². The molecule has 5 nitrogen and oxygen atoms in total. The van der Waals surface area contributed by atoms with E-state index in [0.29, 0.717) is 32.5 Å². The lowest BCUT2D eigenvalue weighted by Crippen LogP contribution is -2.44. The van der Waals surface area contributed by atoms with Crippen molar-refractivity contribution in [2.75, 3.05) is 31.5 Å². The Morgan fingerprint density at radius 2 is 1.75 bits per heavy atom. The molecule has 0 saturated carbocycles. The van der Waals surface area contributed by atoms with Gasteiger partial charge in [0.05, 0.1) is 6.54 Å². The van der Waals surface area contributed by atoms with Crippen LogP contribution in [-0.4, -0.2) is 48.0 Å². The molecule has 0 unspecified atom stereocenters. The molecule has 1 fully saturated rings. The first-order valence-electron chi connectivity index (χ1n) is 7.88. The summed E-state index contributed by atoms with van der Waals surface area (Å²) in [7, 11) is 0. The molecule has 0 aromatic carbocycles. The fourth-order valence-corrected chi connectivity index (χ4v) is 2.58. The van der Waals surface area contributed by atoms with Gasteiger partial charge in [0, 0.05) is 25.7 Å². The Bertz CT molecular complexity index is 565. The summed E-state index contributed by atoms with van der Waals surface area (Å²) in [4.78, 5) is 16.1. The number of nitrogens with one attached hydrogen (secondary N) is 2. The highest BCUT2D eigenvalue weighted by molar-refractivity contribution is 5.77. The van der Waals surface area contributed by atoms with Crippen molar-refractivity contribution in [3.05, 3.63) is 23.5 Å². The van der Waals surface area contributed by atoms with Crippen LogP contribution < -0.4 is 10.6 Å². The van der Waals surface area contributed by atoms with Gasteiger partial charge in [-0.05, 0) is 19.3 Å². The van der Waals surface area contributed by atoms with Crippen molar-refractivity contribution in [3.63, 3.8) is 0 Å². The summed E-state index contributed by atoms with van der Waals surface area (Å²) < 4.78 is 53.4. The van der Waals surface area contributed by atoms with E-state index >= 15 is 0 Å². The third-order valence-corrected chi connectivity index (χ3v) is 3.87. The molecule has 0 radical (unpaired) electrons. The number of pyridine rings is 1. The summed E-state index contributed by atoms with van der Waals surface area (Å²) in [6.45, 7) is 3.91. The Balaban J connectivity index is 1.89. The van der Waals surface area contributed by atoms with E-state index in [1.54, 1.807) is 0 Å². The van der Waals surface area contributed by atoms with Gasteiger partial charge in [0.15, 0.2) is 0 Å². The first-order valence-corrected chi connectivity index (χ1v) is 7.88. The van der Waals surface area contributed by atoms with Crippen LogP contribution in [0.2, 0.25) is 0 Å². The summed E-state index contributed by atoms with van der Waals surface area (Å²) in [6.07, 6.45) is 1.84. The zero-order chi connectivity index (χ0) is 17.7. The smallest absolute Gasteiger partial charge is 0.253 e. The molecule has 2 rings (SSSR count). The molecule has 24 heavy (non-hydrogen) atoms. The van der Waals surface area contributed by atoms with Crippen LogP contribution in [0, 0.1) is 23.5 Å². The zero-order valence-corrected chi connectivity index (χ0v) is 13.3. The molecule has 2 N–H and O–H groups in total. The average molecular weight is 348 g/mol. The molecule has 1 aromatic heterocycles. The van der Waals surface area contributed by atoms with Crippen molar-refractivity contribution in [1.29, 1.82) is 0 Å². The number of nitrogens with zero attached hydrogens (tertiary/aromatic N) is 2. The van der Waals surface area contributed by atoms with Crippen molar-refractivity contribution in [2.24, 2.45) is 0 Å². The number of hydrogen-bond acceptors (Lipinski definition) is 4. The van der Waals surface area contributed by atoms with E-state index in [1.165, 1.54) is 0 Å². The summed E-state index contributed by atoms with van der Waals surface area (Å²) in [5.74, 6) is -6.49. The quantitative estimate of drug-likeness (QED) is 0.610. The Morgan fingerprint density at radius 1 is 1.17 bits per heavy atom. The third-order valence-electron chi connectivity index (χ3n) is 3.87. The van der Waals surface area contributed by atoms with Gasteiger partial charge in [0.2, 0.25) is 17.5 Å². The highest BCUT2D eigenvalue weighted by Gasteiger charge is 2.26. The highest BCUT2D eigenvalue weighted by atomic mass is 19.2. The van der Waals surface area contributed by atoms with Gasteiger partial charge >= 0.3 is 0 Å². The van der Waals surface area contributed by atoms with Gasteiger partial charge in [-0.1, -0.05) is 6.92 Å². The lowest BCUT2D eigenvalue weighted by atomic mass is 10.0. The number of hydrogen-bond donors (Lipinski definition) is 2. The summed E-state index contributed by atoms with van der Waals surface area (Å²) in [6, 6.07) is -0.342. The fourth-order valence-electron chi connectivity index (χ4n) is 2.58. The van der Waals surface area contributed by atoms with Crippen LogP contribution >= 0.6 is 0 Å². The fraction of sp³-hybridized carbons (Fsp3) is 0.600. The number of rotatable bonds is 6. The molecule has 1 saturated heterocycles. The normalized spacial score (nSPS) is 16.2. The van der Waals surface area contributed by atoms with Gasteiger partial charge in [-0.25, -0.2) is 0 Å². The van der Waals surface area contributed by atoms with Crippen LogP contribution in [0.25, 0.3) is 0 Å². The van der Waals surface area contributed by atoms with E-state index in [2.05, 4.69) is 15.6 Å². The van der Waals surface area contributed by atoms with Crippen LogP contribution in [-0.2, 0) is 4.79 Å². The maximum absolute atomic E-state index is 13.6. The SMILES string of the molecule is CCCNC(=O)CN1CCC(Nc2c(F)c(F)nc(F)c2F)CC1. The van der Waals surface area contributed by atoms with Crippen molar-refractivity contribution < 1.29 is 22.4 Å². The Labute approximate surface area is 137 Å². The second-order valence-corrected chi connectivity index (χ2v) is 5.74. The lowest BCUT2D eigenvalue weighted by molar-refractivity contribution is -0.122. The van der Waals surface area contributed by atoms with Crippen LogP contribution in [0.5, 0.6) is 0 Å². The van der Waals surface area contributed by atoms with Crippen LogP contribution in [0.1, 0.15) is 26.2 Å². The molecule has 1 aliphatic heterocycles. The maximum atomic E-state index is 13.6. The van der Waals surface area contributed by atoms with Gasteiger partial charge in [-0.2, -0.15) is 22.5 Å². The molecule has 1 amide bonds. The maximum Gasteiger partial charge on any atom is 0.253 e. The van der Waals surface area contributed by atoms with Crippen molar-refractivity contribution in [3.8, 4) is 0 Å². The van der Waals surface area contributed by atoms with Crippen LogP contribution in [0.3, 0.4) is 0 Å². The minimum Gasteiger partial charge on any atom is -0.377 e. The first kappa shape index (κ1) is 18.4. The number of anilines is 1. The monoisotopic (exact) mass is 348 g/mol. The molecule has 0 spiro atoms. The zero-order valence-electron chi connectivity index (χ0n) is 13.3. The standard InChI is InChI=1S/C15H20F4N4O/c1-2-5-20-10(24)8-23-6-3-9(4-7-23)21-13-11(16)14(18)22-15(19)12(13)17/h9H,2-8H2,1H3,(H,20,24)(H,21,22). The molecular weight excluding hydrogens is 328 g/mol. The topological polar surface area (TPSA) is 57.3 Å². The molecule has 0 atom stereocenters. The van der Waals surface area contributed by atoms with E-state index in [1.807, 2.05) is 11.8 Å². The summed E-state index contributed by atoms with van der Waals surface area (Å²) in [5.41, 5.74) is -0.834. The molecule has 0 bridgehead atoms. The molecule has 2 heterocycles. The Morgan fingerprint density at radius 3 is 2.29 bits per heavy atom. The number of aromatic nitrogens is 1. The highest BCUT2D eigenvalue weighted by Crippen LogP contribution is 2.25. The largest absolute Gasteiger partial charge is 0.377 e. The van der Waals surface area contributed by atoms with Gasteiger partial charge < -0.3 is 10.6 Å². The molecule has 0 aliphatic carbocycles. The van der Waals surface area contributed by atoms with E-state index in [4.69, 9.17) is 0 Å². The van der Waals surface area contributed by atoms with Crippen molar-refractivity contribution in [2.45, 2.75) is 32.2 Å². The van der Waals surface area contributed by atoms with E-state index in [9.17, 15) is 22.4 Å². The average Bonchev–Trinajstić information content (AvgIpc) is 2.56. The number of amides is 1. The molecule has 9 heteroatoms. The minimum absolute atomic E-state index is 0.0707. The molecule has 134 valence electrons. The Hall–Kier alpha value is -1.90.